The third-order valence-corrected chi connectivity index (χ3v) is 1.71. The van der Waals surface area contributed by atoms with Gasteiger partial charge in [0, 0.05) is 0 Å². The molecule has 1 atom stereocenters. The summed E-state index contributed by atoms with van der Waals surface area (Å²) in [5.41, 5.74) is 0.237. The van der Waals surface area contributed by atoms with E-state index in [4.69, 9.17) is 5.11 Å². The summed E-state index contributed by atoms with van der Waals surface area (Å²) in [6.45, 7) is 0. The van der Waals surface area contributed by atoms with Crippen LogP contribution in [0.25, 0.3) is 0 Å². The minimum absolute atomic E-state index is 0.237. The van der Waals surface area contributed by atoms with Crippen LogP contribution in [0.2, 0.25) is 0 Å². The number of aliphatic carboxylic acids is 1. The van der Waals surface area contributed by atoms with Crippen LogP contribution in [0.1, 0.15) is 12.8 Å². The molecule has 12 heavy (non-hydrogen) atoms. The lowest BCUT2D eigenvalue weighted by Gasteiger charge is -1.97. The zero-order chi connectivity index (χ0) is 8.97. The zero-order valence-corrected chi connectivity index (χ0v) is 6.43. The quantitative estimate of drug-likeness (QED) is 0.633. The summed E-state index contributed by atoms with van der Waals surface area (Å²) in [4.78, 5) is 20.6. The van der Waals surface area contributed by atoms with Gasteiger partial charge in [-0.3, -0.25) is 0 Å². The third kappa shape index (κ3) is 2.02. The Morgan fingerprint density at radius 3 is 2.92 bits per heavy atom. The number of hydrogen-bond acceptors (Lipinski definition) is 3. The number of nitroso groups, excluding NO2 is 1. The number of hydrogen-bond donors (Lipinski definition) is 1. The summed E-state index contributed by atoms with van der Waals surface area (Å²) in [6, 6.07) is -0.307. The molecule has 0 aromatic heterocycles. The maximum atomic E-state index is 10.5. The van der Waals surface area contributed by atoms with Gasteiger partial charge in [0.05, 0.1) is 11.6 Å². The van der Waals surface area contributed by atoms with Crippen molar-refractivity contribution in [1.29, 1.82) is 0 Å². The third-order valence-electron chi connectivity index (χ3n) is 1.71. The molecule has 0 amide bonds. The van der Waals surface area contributed by atoms with Gasteiger partial charge in [0.25, 0.3) is 0 Å². The second-order valence-electron chi connectivity index (χ2n) is 2.60. The topological polar surface area (TPSA) is 66.7 Å². The van der Waals surface area contributed by atoms with Crippen LogP contribution >= 0.6 is 0 Å². The predicted octanol–water partition coefficient (Wildman–Crippen LogP) is 1.48. The van der Waals surface area contributed by atoms with Gasteiger partial charge < -0.3 is 5.11 Å². The van der Waals surface area contributed by atoms with Crippen molar-refractivity contribution in [1.82, 2.24) is 0 Å². The van der Waals surface area contributed by atoms with Gasteiger partial charge >= 0.3 is 5.97 Å². The Labute approximate surface area is 69.6 Å². The first kappa shape index (κ1) is 8.64. The number of carbonyl (C=O) groups is 1. The Balaban J connectivity index is 2.73. The van der Waals surface area contributed by atoms with Crippen LogP contribution in [0.15, 0.2) is 29.0 Å². The van der Waals surface area contributed by atoms with E-state index in [2.05, 4.69) is 5.18 Å². The Kier molecular flexibility index (Phi) is 2.74. The first-order chi connectivity index (χ1) is 5.74. The fourth-order valence-electron chi connectivity index (χ4n) is 1.02. The average molecular weight is 167 g/mol. The minimum atomic E-state index is -0.960. The average Bonchev–Trinajstić information content (AvgIpc) is 2.28. The molecule has 64 valence electrons. The summed E-state index contributed by atoms with van der Waals surface area (Å²) < 4.78 is 0. The minimum Gasteiger partial charge on any atom is -0.478 e. The molecule has 1 rings (SSSR count). The summed E-state index contributed by atoms with van der Waals surface area (Å²) in [5.74, 6) is -0.960. The Morgan fingerprint density at radius 2 is 2.33 bits per heavy atom. The number of rotatable bonds is 2. The molecule has 0 spiro atoms. The van der Waals surface area contributed by atoms with E-state index in [0.29, 0.717) is 12.8 Å². The first-order valence-corrected chi connectivity index (χ1v) is 3.66. The lowest BCUT2D eigenvalue weighted by atomic mass is 10.1. The van der Waals surface area contributed by atoms with E-state index >= 15 is 0 Å². The number of carboxylic acid groups (broad SMARTS) is 1. The van der Waals surface area contributed by atoms with Gasteiger partial charge in [-0.25, -0.2) is 4.79 Å². The lowest BCUT2D eigenvalue weighted by molar-refractivity contribution is -0.132. The maximum Gasteiger partial charge on any atom is 0.335 e. The molecule has 0 aromatic rings. The van der Waals surface area contributed by atoms with Crippen molar-refractivity contribution in [2.45, 2.75) is 18.9 Å². The molecule has 4 nitrogen and oxygen atoms in total. The van der Waals surface area contributed by atoms with E-state index < -0.39 is 5.97 Å². The van der Waals surface area contributed by atoms with E-state index in [1.165, 1.54) is 12.2 Å². The van der Waals surface area contributed by atoms with Crippen LogP contribution in [-0.4, -0.2) is 17.1 Å². The fourth-order valence-corrected chi connectivity index (χ4v) is 1.02. The predicted molar refractivity (Wildman–Crippen MR) is 43.7 cm³/mol. The van der Waals surface area contributed by atoms with Gasteiger partial charge in [0.1, 0.15) is 0 Å². The molecular formula is C8H9NO3. The van der Waals surface area contributed by atoms with Crippen molar-refractivity contribution in [3.63, 3.8) is 0 Å². The molecule has 0 aromatic carbocycles. The van der Waals surface area contributed by atoms with Crippen molar-refractivity contribution in [2.75, 3.05) is 0 Å². The zero-order valence-electron chi connectivity index (χ0n) is 6.43. The first-order valence-electron chi connectivity index (χ1n) is 3.66. The molecule has 4 heteroatoms. The van der Waals surface area contributed by atoms with Gasteiger partial charge in [-0.15, -0.1) is 0 Å². The molecule has 1 aliphatic carbocycles. The molecular weight excluding hydrogens is 158 g/mol. The smallest absolute Gasteiger partial charge is 0.335 e. The molecule has 0 bridgehead atoms. The standard InChI is InChI=1S/C8H9NO3/c10-8(11)6-2-1-3-7(9-12)5-4-6/h1-2,4,7H,3,5H2,(H,10,11). The van der Waals surface area contributed by atoms with Crippen LogP contribution < -0.4 is 0 Å². The molecule has 1 unspecified atom stereocenters. The Bertz CT molecular complexity index is 255. The van der Waals surface area contributed by atoms with Crippen molar-refractivity contribution in [2.24, 2.45) is 5.18 Å². The number of nitrogens with zero attached hydrogens (tertiary/aromatic N) is 1. The normalized spacial score (nSPS) is 22.7. The second-order valence-corrected chi connectivity index (χ2v) is 2.60. The van der Waals surface area contributed by atoms with E-state index in [1.54, 1.807) is 6.08 Å². The van der Waals surface area contributed by atoms with Gasteiger partial charge in [-0.2, -0.15) is 4.91 Å². The summed E-state index contributed by atoms with van der Waals surface area (Å²) >= 11 is 0. The number of carboxylic acids is 1. The van der Waals surface area contributed by atoms with Gasteiger partial charge in [-0.05, 0) is 12.8 Å². The van der Waals surface area contributed by atoms with Crippen molar-refractivity contribution in [3.8, 4) is 0 Å². The highest BCUT2D eigenvalue weighted by Gasteiger charge is 2.11. The molecule has 0 saturated carbocycles. The van der Waals surface area contributed by atoms with Crippen molar-refractivity contribution < 1.29 is 9.90 Å². The molecule has 0 heterocycles. The second kappa shape index (κ2) is 3.80. The molecule has 0 saturated heterocycles. The summed E-state index contributed by atoms with van der Waals surface area (Å²) in [7, 11) is 0. The molecule has 1 aliphatic rings. The maximum absolute atomic E-state index is 10.5. The fraction of sp³-hybridized carbons (Fsp3) is 0.375. The lowest BCUT2D eigenvalue weighted by Crippen LogP contribution is -1.99. The van der Waals surface area contributed by atoms with Crippen LogP contribution in [0.3, 0.4) is 0 Å². The highest BCUT2D eigenvalue weighted by atomic mass is 16.4. The van der Waals surface area contributed by atoms with Crippen LogP contribution in [-0.2, 0) is 4.79 Å². The molecule has 0 aliphatic heterocycles. The Hall–Kier alpha value is -1.45. The highest BCUT2D eigenvalue weighted by Crippen LogP contribution is 2.13. The monoisotopic (exact) mass is 167 g/mol. The highest BCUT2D eigenvalue weighted by molar-refractivity contribution is 5.89. The van der Waals surface area contributed by atoms with Gasteiger partial charge in [0.2, 0.25) is 0 Å². The van der Waals surface area contributed by atoms with Gasteiger partial charge in [-0.1, -0.05) is 23.4 Å². The van der Waals surface area contributed by atoms with Crippen LogP contribution in [0.5, 0.6) is 0 Å². The largest absolute Gasteiger partial charge is 0.478 e. The molecule has 1 N–H and O–H groups in total. The summed E-state index contributed by atoms with van der Waals surface area (Å²) in [6.07, 6.45) is 5.64. The Morgan fingerprint density at radius 1 is 1.58 bits per heavy atom. The van der Waals surface area contributed by atoms with Crippen molar-refractivity contribution in [3.05, 3.63) is 28.7 Å². The van der Waals surface area contributed by atoms with Crippen molar-refractivity contribution >= 4 is 5.97 Å². The van der Waals surface area contributed by atoms with Crippen LogP contribution in [0, 0.1) is 4.91 Å². The van der Waals surface area contributed by atoms with E-state index in [-0.39, 0.29) is 11.6 Å². The summed E-state index contributed by atoms with van der Waals surface area (Å²) in [5, 5.41) is 11.5. The van der Waals surface area contributed by atoms with Crippen LogP contribution in [0.4, 0.5) is 0 Å². The molecule has 0 fully saturated rings. The van der Waals surface area contributed by atoms with E-state index in [1.807, 2.05) is 0 Å². The van der Waals surface area contributed by atoms with E-state index in [0.717, 1.165) is 0 Å². The van der Waals surface area contributed by atoms with Gasteiger partial charge in [0.15, 0.2) is 0 Å². The van der Waals surface area contributed by atoms with E-state index in [9.17, 15) is 9.70 Å². The SMILES string of the molecule is O=NC1CC=CC(C(=O)O)=CC1. The molecule has 0 radical (unpaired) electrons.